The Morgan fingerprint density at radius 3 is 2.89 bits per heavy atom. The monoisotopic (exact) mass is 262 g/mol. The maximum absolute atomic E-state index is 12.0. The summed E-state index contributed by atoms with van der Waals surface area (Å²) in [5.74, 6) is -0.130. The Bertz CT molecular complexity index is 447. The van der Waals surface area contributed by atoms with Gasteiger partial charge in [0.05, 0.1) is 0 Å². The molecule has 0 aromatic heterocycles. The van der Waals surface area contributed by atoms with Crippen molar-refractivity contribution in [3.05, 3.63) is 35.9 Å². The molecule has 1 atom stereocenters. The lowest BCUT2D eigenvalue weighted by atomic mass is 10.2. The Morgan fingerprint density at radius 1 is 1.42 bits per heavy atom. The highest BCUT2D eigenvalue weighted by Crippen LogP contribution is 2.09. The van der Waals surface area contributed by atoms with Gasteiger partial charge < -0.3 is 10.1 Å². The van der Waals surface area contributed by atoms with Crippen molar-refractivity contribution in [1.29, 1.82) is 0 Å². The molecule has 1 aromatic rings. The zero-order valence-electron chi connectivity index (χ0n) is 11.0. The number of amides is 2. The van der Waals surface area contributed by atoms with Crippen LogP contribution in [0.15, 0.2) is 30.3 Å². The molecule has 1 aromatic carbocycles. The van der Waals surface area contributed by atoms with Crippen LogP contribution in [0.5, 0.6) is 0 Å². The number of nitrogens with one attached hydrogen (secondary N) is 1. The molecule has 5 heteroatoms. The number of carbonyl (C=O) groups excluding carboxylic acids is 2. The van der Waals surface area contributed by atoms with Gasteiger partial charge in [-0.15, -0.1) is 0 Å². The fourth-order valence-corrected chi connectivity index (χ4v) is 2.00. The maximum Gasteiger partial charge on any atom is 0.410 e. The summed E-state index contributed by atoms with van der Waals surface area (Å²) < 4.78 is 5.25. The van der Waals surface area contributed by atoms with Crippen LogP contribution in [0.25, 0.3) is 0 Å². The Labute approximate surface area is 112 Å². The van der Waals surface area contributed by atoms with E-state index < -0.39 is 12.1 Å². The number of ether oxygens (including phenoxy) is 1. The Balaban J connectivity index is 1.93. The van der Waals surface area contributed by atoms with Crippen LogP contribution >= 0.6 is 0 Å². The molecule has 0 spiro atoms. The van der Waals surface area contributed by atoms with Crippen LogP contribution in [0.2, 0.25) is 0 Å². The summed E-state index contributed by atoms with van der Waals surface area (Å²) in [6.07, 6.45) is 0.310. The average Bonchev–Trinajstić information content (AvgIpc) is 2.60. The molecule has 0 radical (unpaired) electrons. The number of nitrogens with zero attached hydrogens (tertiary/aromatic N) is 1. The van der Waals surface area contributed by atoms with Crippen molar-refractivity contribution >= 4 is 12.0 Å². The molecule has 0 bridgehead atoms. The van der Waals surface area contributed by atoms with E-state index >= 15 is 0 Å². The minimum Gasteiger partial charge on any atom is -0.445 e. The SMILES string of the molecule is CC1C(=O)NCCCN1C(=O)OCc1ccccc1. The summed E-state index contributed by atoms with van der Waals surface area (Å²) in [5, 5.41) is 2.76. The molecule has 0 saturated carbocycles. The number of rotatable bonds is 2. The predicted molar refractivity (Wildman–Crippen MR) is 70.4 cm³/mol. The van der Waals surface area contributed by atoms with E-state index in [9.17, 15) is 9.59 Å². The van der Waals surface area contributed by atoms with Crippen molar-refractivity contribution in [2.45, 2.75) is 26.0 Å². The quantitative estimate of drug-likeness (QED) is 0.879. The first-order valence-electron chi connectivity index (χ1n) is 6.43. The minimum absolute atomic E-state index is 0.130. The molecule has 1 heterocycles. The summed E-state index contributed by atoms with van der Waals surface area (Å²) >= 11 is 0. The zero-order valence-corrected chi connectivity index (χ0v) is 11.0. The molecular formula is C14H18N2O3. The van der Waals surface area contributed by atoms with Crippen LogP contribution in [0.4, 0.5) is 4.79 Å². The van der Waals surface area contributed by atoms with E-state index in [0.717, 1.165) is 12.0 Å². The predicted octanol–water partition coefficient (Wildman–Crippen LogP) is 1.53. The second-order valence-corrected chi connectivity index (χ2v) is 4.55. The molecule has 19 heavy (non-hydrogen) atoms. The molecule has 2 amide bonds. The Hall–Kier alpha value is -2.04. The van der Waals surface area contributed by atoms with Crippen LogP contribution in [0.1, 0.15) is 18.9 Å². The van der Waals surface area contributed by atoms with Crippen molar-refractivity contribution in [2.75, 3.05) is 13.1 Å². The third kappa shape index (κ3) is 3.47. The first kappa shape index (κ1) is 13.4. The average molecular weight is 262 g/mol. The van der Waals surface area contributed by atoms with Gasteiger partial charge in [0, 0.05) is 13.1 Å². The summed E-state index contributed by atoms with van der Waals surface area (Å²) in [7, 11) is 0. The third-order valence-electron chi connectivity index (χ3n) is 3.16. The molecule has 1 saturated heterocycles. The molecule has 0 aliphatic carbocycles. The second kappa shape index (κ2) is 6.22. The first-order chi connectivity index (χ1) is 9.18. The van der Waals surface area contributed by atoms with Gasteiger partial charge >= 0.3 is 6.09 Å². The summed E-state index contributed by atoms with van der Waals surface area (Å²) in [5.41, 5.74) is 0.933. The van der Waals surface area contributed by atoms with Gasteiger partial charge in [-0.25, -0.2) is 4.79 Å². The van der Waals surface area contributed by atoms with Gasteiger partial charge in [0.1, 0.15) is 12.6 Å². The van der Waals surface area contributed by atoms with E-state index in [2.05, 4.69) is 5.32 Å². The first-order valence-corrected chi connectivity index (χ1v) is 6.43. The summed E-state index contributed by atoms with van der Waals surface area (Å²) in [6.45, 7) is 3.08. The lowest BCUT2D eigenvalue weighted by molar-refractivity contribution is -0.124. The highest BCUT2D eigenvalue weighted by Gasteiger charge is 2.28. The molecular weight excluding hydrogens is 244 g/mol. The van der Waals surface area contributed by atoms with Crippen LogP contribution in [-0.4, -0.2) is 36.0 Å². The second-order valence-electron chi connectivity index (χ2n) is 4.55. The smallest absolute Gasteiger partial charge is 0.410 e. The van der Waals surface area contributed by atoms with Crippen LogP contribution in [0, 0.1) is 0 Å². The number of benzene rings is 1. The molecule has 2 rings (SSSR count). The van der Waals surface area contributed by atoms with E-state index in [0.29, 0.717) is 13.1 Å². The normalized spacial score (nSPS) is 19.5. The molecule has 102 valence electrons. The van der Waals surface area contributed by atoms with Crippen molar-refractivity contribution in [1.82, 2.24) is 10.2 Å². The maximum atomic E-state index is 12.0. The topological polar surface area (TPSA) is 58.6 Å². The van der Waals surface area contributed by atoms with Gasteiger partial charge in [-0.1, -0.05) is 30.3 Å². The van der Waals surface area contributed by atoms with E-state index in [1.165, 1.54) is 4.90 Å². The van der Waals surface area contributed by atoms with Gasteiger partial charge in [-0.05, 0) is 18.9 Å². The van der Waals surface area contributed by atoms with Crippen LogP contribution in [-0.2, 0) is 16.1 Å². The molecule has 1 aliphatic rings. The third-order valence-corrected chi connectivity index (χ3v) is 3.16. The molecule has 1 N–H and O–H groups in total. The van der Waals surface area contributed by atoms with E-state index in [1.807, 2.05) is 30.3 Å². The molecule has 1 aliphatic heterocycles. The van der Waals surface area contributed by atoms with E-state index in [4.69, 9.17) is 4.74 Å². The Morgan fingerprint density at radius 2 is 2.16 bits per heavy atom. The summed E-state index contributed by atoms with van der Waals surface area (Å²) in [6, 6.07) is 9.01. The number of hydrogen-bond donors (Lipinski definition) is 1. The van der Waals surface area contributed by atoms with Gasteiger partial charge in [0.25, 0.3) is 0 Å². The number of hydrogen-bond acceptors (Lipinski definition) is 3. The molecule has 1 fully saturated rings. The lowest BCUT2D eigenvalue weighted by Crippen LogP contribution is -2.45. The van der Waals surface area contributed by atoms with Crippen molar-refractivity contribution in [2.24, 2.45) is 0 Å². The van der Waals surface area contributed by atoms with Gasteiger partial charge in [-0.2, -0.15) is 0 Å². The van der Waals surface area contributed by atoms with Crippen LogP contribution in [0.3, 0.4) is 0 Å². The molecule has 5 nitrogen and oxygen atoms in total. The van der Waals surface area contributed by atoms with E-state index in [1.54, 1.807) is 6.92 Å². The minimum atomic E-state index is -0.481. The fourth-order valence-electron chi connectivity index (χ4n) is 2.00. The van der Waals surface area contributed by atoms with Crippen molar-refractivity contribution in [3.8, 4) is 0 Å². The van der Waals surface area contributed by atoms with Gasteiger partial charge in [0.15, 0.2) is 0 Å². The highest BCUT2D eigenvalue weighted by atomic mass is 16.6. The largest absolute Gasteiger partial charge is 0.445 e. The highest BCUT2D eigenvalue weighted by molar-refractivity contribution is 5.85. The Kier molecular flexibility index (Phi) is 4.39. The standard InChI is InChI=1S/C14H18N2O3/c1-11-13(17)15-8-5-9-16(11)14(18)19-10-12-6-3-2-4-7-12/h2-4,6-7,11H,5,8-10H2,1H3,(H,15,17). The number of carbonyl (C=O) groups is 2. The van der Waals surface area contributed by atoms with Crippen LogP contribution < -0.4 is 5.32 Å². The van der Waals surface area contributed by atoms with Gasteiger partial charge in [0.2, 0.25) is 5.91 Å². The zero-order chi connectivity index (χ0) is 13.7. The van der Waals surface area contributed by atoms with Gasteiger partial charge in [-0.3, -0.25) is 9.69 Å². The van der Waals surface area contributed by atoms with Crippen molar-refractivity contribution < 1.29 is 14.3 Å². The molecule has 1 unspecified atom stereocenters. The summed E-state index contributed by atoms with van der Waals surface area (Å²) in [4.78, 5) is 25.1. The van der Waals surface area contributed by atoms with Crippen molar-refractivity contribution in [3.63, 3.8) is 0 Å². The lowest BCUT2D eigenvalue weighted by Gasteiger charge is -2.24. The fraction of sp³-hybridized carbons (Fsp3) is 0.429. The van der Waals surface area contributed by atoms with E-state index in [-0.39, 0.29) is 12.5 Å².